The zero-order valence-corrected chi connectivity index (χ0v) is 13.3. The first-order valence-corrected chi connectivity index (χ1v) is 8.05. The van der Waals surface area contributed by atoms with Gasteiger partial charge in [-0.2, -0.15) is 0 Å². The highest BCUT2D eigenvalue weighted by molar-refractivity contribution is 5.87. The van der Waals surface area contributed by atoms with Gasteiger partial charge in [-0.1, -0.05) is 32.1 Å². The summed E-state index contributed by atoms with van der Waals surface area (Å²) in [4.78, 5) is 21.5. The third-order valence-electron chi connectivity index (χ3n) is 3.54. The van der Waals surface area contributed by atoms with Gasteiger partial charge in [0.15, 0.2) is 0 Å². The second-order valence-corrected chi connectivity index (χ2v) is 5.60. The molecule has 0 saturated carbocycles. The molecule has 1 rings (SSSR count). The summed E-state index contributed by atoms with van der Waals surface area (Å²) in [5.41, 5.74) is 0.275. The van der Waals surface area contributed by atoms with Crippen molar-refractivity contribution in [3.63, 3.8) is 0 Å². The quantitative estimate of drug-likeness (QED) is 0.578. The monoisotopic (exact) mass is 306 g/mol. The molecule has 0 heterocycles. The summed E-state index contributed by atoms with van der Waals surface area (Å²) in [6.45, 7) is 2.31. The zero-order chi connectivity index (χ0) is 16.2. The van der Waals surface area contributed by atoms with Crippen molar-refractivity contribution in [3.8, 4) is 5.75 Å². The van der Waals surface area contributed by atoms with Crippen LogP contribution in [0.1, 0.15) is 68.6 Å². The van der Waals surface area contributed by atoms with Crippen LogP contribution in [0.5, 0.6) is 5.75 Å². The number of carboxylic acid groups (broad SMARTS) is 1. The second kappa shape index (κ2) is 10.8. The van der Waals surface area contributed by atoms with E-state index in [1.54, 1.807) is 31.2 Å². The fraction of sp³-hybridized carbons (Fsp3) is 0.556. The van der Waals surface area contributed by atoms with Crippen LogP contribution >= 0.6 is 0 Å². The van der Waals surface area contributed by atoms with Gasteiger partial charge in [-0.25, -0.2) is 4.79 Å². The number of carbonyl (C=O) groups excluding carboxylic acids is 1. The molecule has 1 aromatic rings. The largest absolute Gasteiger partial charge is 0.494 e. The fourth-order valence-electron chi connectivity index (χ4n) is 2.24. The topological polar surface area (TPSA) is 63.6 Å². The first-order chi connectivity index (χ1) is 10.6. The van der Waals surface area contributed by atoms with Crippen molar-refractivity contribution in [2.45, 2.75) is 58.3 Å². The van der Waals surface area contributed by atoms with E-state index in [9.17, 15) is 9.59 Å². The van der Waals surface area contributed by atoms with E-state index < -0.39 is 5.97 Å². The summed E-state index contributed by atoms with van der Waals surface area (Å²) in [5, 5.41) is 8.80. The van der Waals surface area contributed by atoms with E-state index in [4.69, 9.17) is 9.84 Å². The Balaban J connectivity index is 1.97. The van der Waals surface area contributed by atoms with Crippen LogP contribution in [0.2, 0.25) is 0 Å². The second-order valence-electron chi connectivity index (χ2n) is 5.60. The summed E-state index contributed by atoms with van der Waals surface area (Å²) in [7, 11) is 0. The van der Waals surface area contributed by atoms with Crippen molar-refractivity contribution in [1.82, 2.24) is 0 Å². The number of ether oxygens (including phenoxy) is 1. The number of hydrogen-bond acceptors (Lipinski definition) is 3. The molecule has 1 N–H and O–H groups in total. The van der Waals surface area contributed by atoms with Crippen molar-refractivity contribution >= 4 is 11.8 Å². The number of unbranched alkanes of at least 4 members (excludes halogenated alkanes) is 6. The number of carbonyl (C=O) groups is 2. The molecule has 1 aromatic carbocycles. The Morgan fingerprint density at radius 3 is 2.00 bits per heavy atom. The average molecular weight is 306 g/mol. The van der Waals surface area contributed by atoms with Crippen molar-refractivity contribution < 1.29 is 19.4 Å². The van der Waals surface area contributed by atoms with Crippen LogP contribution in [0.4, 0.5) is 0 Å². The number of ketones is 1. The number of Topliss-reactive ketones (excluding diaryl/α,β-unsaturated/α-hetero) is 1. The van der Waals surface area contributed by atoms with Crippen molar-refractivity contribution in [2.75, 3.05) is 6.61 Å². The summed E-state index contributed by atoms with van der Waals surface area (Å²) in [6.07, 6.45) is 8.64. The molecule has 0 saturated heterocycles. The fourth-order valence-corrected chi connectivity index (χ4v) is 2.24. The predicted molar refractivity (Wildman–Crippen MR) is 86.5 cm³/mol. The highest BCUT2D eigenvalue weighted by atomic mass is 16.5. The molecule has 0 unspecified atom stereocenters. The molecule has 0 atom stereocenters. The molecular weight excluding hydrogens is 280 g/mol. The molecule has 0 aliphatic carbocycles. The van der Waals surface area contributed by atoms with Gasteiger partial charge in [0.1, 0.15) is 11.5 Å². The minimum Gasteiger partial charge on any atom is -0.494 e. The summed E-state index contributed by atoms with van der Waals surface area (Å²) < 4.78 is 5.58. The minimum atomic E-state index is -0.921. The molecule has 122 valence electrons. The van der Waals surface area contributed by atoms with Gasteiger partial charge in [0.05, 0.1) is 12.2 Å². The van der Waals surface area contributed by atoms with Crippen LogP contribution in [0, 0.1) is 0 Å². The SMILES string of the molecule is CC(=O)CCCCCCCCCOc1ccc(C(=O)O)cc1. The van der Waals surface area contributed by atoms with E-state index in [2.05, 4.69) is 0 Å². The Kier molecular flexibility index (Phi) is 8.96. The van der Waals surface area contributed by atoms with E-state index in [0.29, 0.717) is 18.8 Å². The number of hydrogen-bond donors (Lipinski definition) is 1. The number of carboxylic acids is 1. The third-order valence-corrected chi connectivity index (χ3v) is 3.54. The van der Waals surface area contributed by atoms with Crippen LogP contribution in [0.3, 0.4) is 0 Å². The standard InChI is InChI=1S/C18H26O4/c1-15(19)9-7-5-3-2-4-6-8-14-22-17-12-10-16(11-13-17)18(20)21/h10-13H,2-9,14H2,1H3,(H,20,21). The van der Waals surface area contributed by atoms with Gasteiger partial charge in [0, 0.05) is 6.42 Å². The van der Waals surface area contributed by atoms with Gasteiger partial charge < -0.3 is 14.6 Å². The smallest absolute Gasteiger partial charge is 0.335 e. The average Bonchev–Trinajstić information content (AvgIpc) is 2.49. The normalized spacial score (nSPS) is 10.4. The lowest BCUT2D eigenvalue weighted by Crippen LogP contribution is -1.99. The van der Waals surface area contributed by atoms with Gasteiger partial charge in [0.2, 0.25) is 0 Å². The van der Waals surface area contributed by atoms with Crippen molar-refractivity contribution in [1.29, 1.82) is 0 Å². The molecule has 0 radical (unpaired) electrons. The van der Waals surface area contributed by atoms with Crippen molar-refractivity contribution in [3.05, 3.63) is 29.8 Å². The predicted octanol–water partition coefficient (Wildman–Crippen LogP) is 4.47. The molecule has 0 bridgehead atoms. The molecule has 4 nitrogen and oxygen atoms in total. The van der Waals surface area contributed by atoms with Crippen LogP contribution in [-0.2, 0) is 4.79 Å². The third kappa shape index (κ3) is 8.45. The molecule has 0 aliphatic rings. The lowest BCUT2D eigenvalue weighted by atomic mass is 10.1. The lowest BCUT2D eigenvalue weighted by Gasteiger charge is -2.06. The highest BCUT2D eigenvalue weighted by Crippen LogP contribution is 2.13. The first kappa shape index (κ1) is 18.2. The highest BCUT2D eigenvalue weighted by Gasteiger charge is 2.02. The Bertz CT molecular complexity index is 451. The summed E-state index contributed by atoms with van der Waals surface area (Å²) in [6, 6.07) is 6.49. The number of benzene rings is 1. The molecule has 0 aromatic heterocycles. The Morgan fingerprint density at radius 1 is 0.909 bits per heavy atom. The molecule has 4 heteroatoms. The summed E-state index contributed by atoms with van der Waals surface area (Å²) in [5.74, 6) is 0.0811. The molecule has 0 amide bonds. The van der Waals surface area contributed by atoms with E-state index in [1.165, 1.54) is 19.3 Å². The molecule has 0 spiro atoms. The lowest BCUT2D eigenvalue weighted by molar-refractivity contribution is -0.117. The van der Waals surface area contributed by atoms with Crippen molar-refractivity contribution in [2.24, 2.45) is 0 Å². The van der Waals surface area contributed by atoms with Gasteiger partial charge in [-0.05, 0) is 44.0 Å². The Morgan fingerprint density at radius 2 is 1.45 bits per heavy atom. The van der Waals surface area contributed by atoms with Crippen LogP contribution < -0.4 is 4.74 Å². The molecule has 0 fully saturated rings. The van der Waals surface area contributed by atoms with E-state index in [0.717, 1.165) is 25.7 Å². The van der Waals surface area contributed by atoms with E-state index in [-0.39, 0.29) is 11.3 Å². The van der Waals surface area contributed by atoms with Gasteiger partial charge in [-0.15, -0.1) is 0 Å². The van der Waals surface area contributed by atoms with Crippen LogP contribution in [-0.4, -0.2) is 23.5 Å². The summed E-state index contributed by atoms with van der Waals surface area (Å²) >= 11 is 0. The van der Waals surface area contributed by atoms with Crippen LogP contribution in [0.15, 0.2) is 24.3 Å². The number of aromatic carboxylic acids is 1. The number of rotatable bonds is 12. The Labute approximate surface area is 132 Å². The van der Waals surface area contributed by atoms with Gasteiger partial charge in [-0.3, -0.25) is 0 Å². The molecule has 22 heavy (non-hydrogen) atoms. The maximum Gasteiger partial charge on any atom is 0.335 e. The first-order valence-electron chi connectivity index (χ1n) is 8.05. The zero-order valence-electron chi connectivity index (χ0n) is 13.3. The molecule has 0 aliphatic heterocycles. The van der Waals surface area contributed by atoms with Crippen LogP contribution in [0.25, 0.3) is 0 Å². The minimum absolute atomic E-state index is 0.275. The van der Waals surface area contributed by atoms with Gasteiger partial charge in [0.25, 0.3) is 0 Å². The van der Waals surface area contributed by atoms with Gasteiger partial charge >= 0.3 is 5.97 Å². The Hall–Kier alpha value is -1.84. The van der Waals surface area contributed by atoms with E-state index >= 15 is 0 Å². The van der Waals surface area contributed by atoms with E-state index in [1.807, 2.05) is 0 Å². The maximum atomic E-state index is 10.8. The molecular formula is C18H26O4. The maximum absolute atomic E-state index is 10.8.